The Balaban J connectivity index is 1.77. The zero-order valence-electron chi connectivity index (χ0n) is 19.6. The summed E-state index contributed by atoms with van der Waals surface area (Å²) >= 11 is 0. The fourth-order valence-electron chi connectivity index (χ4n) is 4.11. The Kier molecular flexibility index (Phi) is 7.48. The summed E-state index contributed by atoms with van der Waals surface area (Å²) in [7, 11) is 3.13. The van der Waals surface area contributed by atoms with E-state index in [1.54, 1.807) is 56.7 Å². The first-order valence-corrected chi connectivity index (χ1v) is 11.3. The molecule has 7 nitrogen and oxygen atoms in total. The molecule has 3 aromatic carbocycles. The Morgan fingerprint density at radius 1 is 0.886 bits per heavy atom. The summed E-state index contributed by atoms with van der Waals surface area (Å²) in [4.78, 5) is 27.7. The van der Waals surface area contributed by atoms with Gasteiger partial charge in [0, 0.05) is 25.8 Å². The fourth-order valence-corrected chi connectivity index (χ4v) is 4.11. The van der Waals surface area contributed by atoms with Crippen LogP contribution in [0, 0.1) is 0 Å². The Hall–Kier alpha value is -4.10. The van der Waals surface area contributed by atoms with E-state index < -0.39 is 17.7 Å². The number of amides is 1. The lowest BCUT2D eigenvalue weighted by molar-refractivity contribution is -0.140. The summed E-state index contributed by atoms with van der Waals surface area (Å²) in [5.74, 6) is 0.215. The molecule has 1 heterocycles. The molecule has 1 fully saturated rings. The monoisotopic (exact) mass is 473 g/mol. The number of carbonyl (C=O) groups excluding carboxylic acids is 2. The van der Waals surface area contributed by atoms with Gasteiger partial charge in [-0.3, -0.25) is 9.59 Å². The number of hydrogen-bond donors (Lipinski definition) is 1. The van der Waals surface area contributed by atoms with Gasteiger partial charge in [-0.15, -0.1) is 0 Å². The highest BCUT2D eigenvalue weighted by atomic mass is 16.5. The molecule has 1 saturated heterocycles. The van der Waals surface area contributed by atoms with Crippen LogP contribution in [0.25, 0.3) is 5.76 Å². The van der Waals surface area contributed by atoms with Crippen LogP contribution < -0.4 is 9.47 Å². The molecule has 4 rings (SSSR count). The van der Waals surface area contributed by atoms with Crippen LogP contribution in [0.4, 0.5) is 0 Å². The van der Waals surface area contributed by atoms with Crippen LogP contribution in [-0.2, 0) is 14.3 Å². The van der Waals surface area contributed by atoms with Crippen molar-refractivity contribution in [2.75, 3.05) is 27.4 Å². The van der Waals surface area contributed by atoms with Gasteiger partial charge < -0.3 is 24.2 Å². The maximum Gasteiger partial charge on any atom is 0.295 e. The molecule has 0 spiro atoms. The summed E-state index contributed by atoms with van der Waals surface area (Å²) in [6.07, 6.45) is 0.544. The summed E-state index contributed by atoms with van der Waals surface area (Å²) in [5.41, 5.74) is 1.11. The van der Waals surface area contributed by atoms with Crippen molar-refractivity contribution in [3.63, 3.8) is 0 Å². The molecule has 3 aromatic rings. The lowest BCUT2D eigenvalue weighted by Crippen LogP contribution is -2.31. The predicted molar refractivity (Wildman–Crippen MR) is 131 cm³/mol. The predicted octanol–water partition coefficient (Wildman–Crippen LogP) is 4.95. The van der Waals surface area contributed by atoms with Crippen LogP contribution in [0.1, 0.15) is 23.6 Å². The highest BCUT2D eigenvalue weighted by molar-refractivity contribution is 6.46. The van der Waals surface area contributed by atoms with Gasteiger partial charge in [0.2, 0.25) is 0 Å². The maximum absolute atomic E-state index is 13.1. The summed E-state index contributed by atoms with van der Waals surface area (Å²) in [6, 6.07) is 22.4. The standard InChI is InChI=1S/C28H27NO6/c1-33-17-7-16-29-25(20-8-6-11-23(18-20)35-22-9-4-3-5-10-22)24(27(31)28(29)32)26(30)19-12-14-21(34-2)15-13-19/h3-6,8-15,18,25,30H,7,16-17H2,1-2H3/t25-/m1/s1. The number of methoxy groups -OCH3 is 2. The molecular formula is C28H27NO6. The molecule has 1 aliphatic heterocycles. The van der Waals surface area contributed by atoms with E-state index in [9.17, 15) is 14.7 Å². The highest BCUT2D eigenvalue weighted by Gasteiger charge is 2.45. The molecule has 1 aliphatic rings. The van der Waals surface area contributed by atoms with Crippen molar-refractivity contribution in [3.8, 4) is 17.2 Å². The summed E-state index contributed by atoms with van der Waals surface area (Å²) in [6.45, 7) is 0.734. The number of hydrogen-bond acceptors (Lipinski definition) is 6. The Morgan fingerprint density at radius 3 is 2.29 bits per heavy atom. The minimum Gasteiger partial charge on any atom is -0.507 e. The molecule has 0 bridgehead atoms. The third-order valence-corrected chi connectivity index (χ3v) is 5.80. The van der Waals surface area contributed by atoms with E-state index in [2.05, 4.69) is 0 Å². The summed E-state index contributed by atoms with van der Waals surface area (Å²) < 4.78 is 16.3. The minimum absolute atomic E-state index is 0.0365. The molecule has 35 heavy (non-hydrogen) atoms. The second-order valence-corrected chi connectivity index (χ2v) is 8.05. The van der Waals surface area contributed by atoms with Crippen molar-refractivity contribution in [1.29, 1.82) is 0 Å². The van der Waals surface area contributed by atoms with Gasteiger partial charge in [0.1, 0.15) is 23.0 Å². The van der Waals surface area contributed by atoms with Gasteiger partial charge in [-0.05, 0) is 60.5 Å². The Labute approximate surface area is 204 Å². The van der Waals surface area contributed by atoms with E-state index in [1.165, 1.54) is 4.90 Å². The van der Waals surface area contributed by atoms with Crippen LogP contribution in [-0.4, -0.2) is 49.1 Å². The number of benzene rings is 3. The number of nitrogens with zero attached hydrogens (tertiary/aromatic N) is 1. The lowest BCUT2D eigenvalue weighted by atomic mass is 9.95. The van der Waals surface area contributed by atoms with Crippen LogP contribution in [0.5, 0.6) is 17.2 Å². The van der Waals surface area contributed by atoms with E-state index in [4.69, 9.17) is 14.2 Å². The summed E-state index contributed by atoms with van der Waals surface area (Å²) in [5, 5.41) is 11.2. The Bertz CT molecular complexity index is 1220. The molecule has 1 N–H and O–H groups in total. The van der Waals surface area contributed by atoms with Gasteiger partial charge in [0.25, 0.3) is 11.7 Å². The second kappa shape index (κ2) is 10.9. The van der Waals surface area contributed by atoms with E-state index >= 15 is 0 Å². The molecule has 1 amide bonds. The number of para-hydroxylation sites is 1. The Morgan fingerprint density at radius 2 is 1.60 bits per heavy atom. The van der Waals surface area contributed by atoms with E-state index in [-0.39, 0.29) is 11.3 Å². The molecule has 1 atom stereocenters. The average molecular weight is 474 g/mol. The molecule has 0 unspecified atom stereocenters. The fraction of sp³-hybridized carbons (Fsp3) is 0.214. The van der Waals surface area contributed by atoms with Crippen LogP contribution in [0.15, 0.2) is 84.4 Å². The zero-order chi connectivity index (χ0) is 24.8. The van der Waals surface area contributed by atoms with E-state index in [0.717, 1.165) is 0 Å². The first kappa shape index (κ1) is 24.0. The smallest absolute Gasteiger partial charge is 0.295 e. The number of carbonyl (C=O) groups is 2. The van der Waals surface area contributed by atoms with Crippen molar-refractivity contribution in [3.05, 3.63) is 95.6 Å². The SMILES string of the molecule is COCCCN1C(=O)C(=O)C(=C(O)c2ccc(OC)cc2)[C@H]1c1cccc(Oc2ccccc2)c1. The third-order valence-electron chi connectivity index (χ3n) is 5.80. The molecular weight excluding hydrogens is 446 g/mol. The van der Waals surface area contributed by atoms with Crippen molar-refractivity contribution < 1.29 is 28.9 Å². The molecule has 0 aliphatic carbocycles. The normalized spacial score (nSPS) is 17.0. The van der Waals surface area contributed by atoms with Gasteiger partial charge >= 0.3 is 0 Å². The lowest BCUT2D eigenvalue weighted by Gasteiger charge is -2.25. The maximum atomic E-state index is 13.1. The quantitative estimate of drug-likeness (QED) is 0.205. The average Bonchev–Trinajstić information content (AvgIpc) is 3.14. The zero-order valence-corrected chi connectivity index (χ0v) is 19.6. The van der Waals surface area contributed by atoms with Crippen molar-refractivity contribution in [2.24, 2.45) is 0 Å². The molecule has 7 heteroatoms. The molecule has 0 aromatic heterocycles. The van der Waals surface area contributed by atoms with Crippen molar-refractivity contribution in [1.82, 2.24) is 4.90 Å². The topological polar surface area (TPSA) is 85.3 Å². The van der Waals surface area contributed by atoms with E-state index in [1.807, 2.05) is 36.4 Å². The van der Waals surface area contributed by atoms with Crippen LogP contribution >= 0.6 is 0 Å². The largest absolute Gasteiger partial charge is 0.507 e. The van der Waals surface area contributed by atoms with Crippen molar-refractivity contribution >= 4 is 17.4 Å². The van der Waals surface area contributed by atoms with Gasteiger partial charge in [-0.2, -0.15) is 0 Å². The number of Topliss-reactive ketones (excluding diaryl/α,β-unsaturated/α-hetero) is 1. The van der Waals surface area contributed by atoms with Gasteiger partial charge in [-0.1, -0.05) is 30.3 Å². The third kappa shape index (κ3) is 5.20. The minimum atomic E-state index is -0.770. The number of aliphatic hydroxyl groups excluding tert-OH is 1. The first-order valence-electron chi connectivity index (χ1n) is 11.3. The molecule has 0 radical (unpaired) electrons. The number of ketones is 1. The highest BCUT2D eigenvalue weighted by Crippen LogP contribution is 2.40. The number of rotatable bonds is 9. The second-order valence-electron chi connectivity index (χ2n) is 8.05. The van der Waals surface area contributed by atoms with Gasteiger partial charge in [0.05, 0.1) is 18.7 Å². The molecule has 0 saturated carbocycles. The molecule has 180 valence electrons. The van der Waals surface area contributed by atoms with Crippen LogP contribution in [0.3, 0.4) is 0 Å². The number of ether oxygens (including phenoxy) is 3. The van der Waals surface area contributed by atoms with Gasteiger partial charge in [0.15, 0.2) is 0 Å². The van der Waals surface area contributed by atoms with Crippen molar-refractivity contribution in [2.45, 2.75) is 12.5 Å². The number of likely N-dealkylation sites (tertiary alicyclic amines) is 1. The van der Waals surface area contributed by atoms with E-state index in [0.29, 0.717) is 47.9 Å². The number of aliphatic hydroxyl groups is 1. The first-order chi connectivity index (χ1) is 17.0. The van der Waals surface area contributed by atoms with Gasteiger partial charge in [-0.25, -0.2) is 0 Å². The van der Waals surface area contributed by atoms with Crippen LogP contribution in [0.2, 0.25) is 0 Å².